The highest BCUT2D eigenvalue weighted by molar-refractivity contribution is 9.10. The predicted molar refractivity (Wildman–Crippen MR) is 75.2 cm³/mol. The van der Waals surface area contributed by atoms with Gasteiger partial charge in [0.2, 0.25) is 10.0 Å². The third-order valence-electron chi connectivity index (χ3n) is 3.29. The fourth-order valence-corrected chi connectivity index (χ4v) is 4.47. The van der Waals surface area contributed by atoms with E-state index in [2.05, 4.69) is 15.9 Å². The summed E-state index contributed by atoms with van der Waals surface area (Å²) < 4.78 is 26.7. The minimum Gasteiger partial charge on any atom is -0.478 e. The molecular formula is C12H14BrNO5S. The highest BCUT2D eigenvalue weighted by atomic mass is 79.9. The van der Waals surface area contributed by atoms with Gasteiger partial charge >= 0.3 is 5.97 Å². The number of hydrogen-bond donors (Lipinski definition) is 2. The molecule has 0 radical (unpaired) electrons. The van der Waals surface area contributed by atoms with Gasteiger partial charge in [-0.3, -0.25) is 0 Å². The first-order valence-corrected chi connectivity index (χ1v) is 8.18. The molecule has 0 bridgehead atoms. The fraction of sp³-hybridized carbons (Fsp3) is 0.417. The zero-order valence-electron chi connectivity index (χ0n) is 10.7. The van der Waals surface area contributed by atoms with Crippen molar-refractivity contribution in [1.29, 1.82) is 0 Å². The van der Waals surface area contributed by atoms with Crippen molar-refractivity contribution in [1.82, 2.24) is 4.31 Å². The SMILES string of the molecule is Cc1c(Br)cc(C(=O)O)cc1S(=O)(=O)N1CCC(O)C1. The number of β-amino-alcohol motifs (C(OH)–C–C–N with tert-alkyl or cyclic N) is 1. The first kappa shape index (κ1) is 15.4. The van der Waals surface area contributed by atoms with Crippen LogP contribution in [0.5, 0.6) is 0 Å². The summed E-state index contributed by atoms with van der Waals surface area (Å²) in [5, 5.41) is 18.5. The Morgan fingerprint density at radius 2 is 2.10 bits per heavy atom. The van der Waals surface area contributed by atoms with Gasteiger partial charge < -0.3 is 10.2 Å². The molecule has 1 aliphatic heterocycles. The van der Waals surface area contributed by atoms with E-state index in [1.807, 2.05) is 0 Å². The number of nitrogens with zero attached hydrogens (tertiary/aromatic N) is 1. The van der Waals surface area contributed by atoms with Crippen LogP contribution in [-0.2, 0) is 10.0 Å². The number of benzene rings is 1. The van der Waals surface area contributed by atoms with Crippen LogP contribution >= 0.6 is 15.9 Å². The van der Waals surface area contributed by atoms with E-state index < -0.39 is 22.1 Å². The molecule has 8 heteroatoms. The fourth-order valence-electron chi connectivity index (χ4n) is 2.11. The molecule has 1 atom stereocenters. The lowest BCUT2D eigenvalue weighted by Gasteiger charge is -2.18. The maximum absolute atomic E-state index is 12.5. The molecule has 1 unspecified atom stereocenters. The van der Waals surface area contributed by atoms with E-state index in [1.165, 1.54) is 10.4 Å². The zero-order chi connectivity index (χ0) is 15.1. The van der Waals surface area contributed by atoms with Crippen LogP contribution < -0.4 is 0 Å². The molecule has 20 heavy (non-hydrogen) atoms. The number of aromatic carboxylic acids is 1. The van der Waals surface area contributed by atoms with E-state index in [9.17, 15) is 18.3 Å². The van der Waals surface area contributed by atoms with Crippen LogP contribution in [0.4, 0.5) is 0 Å². The van der Waals surface area contributed by atoms with E-state index in [1.54, 1.807) is 6.92 Å². The summed E-state index contributed by atoms with van der Waals surface area (Å²) in [5.41, 5.74) is 0.359. The lowest BCUT2D eigenvalue weighted by atomic mass is 10.1. The standard InChI is InChI=1S/C12H14BrNO5S/c1-7-10(13)4-8(12(16)17)5-11(7)20(18,19)14-3-2-9(15)6-14/h4-5,9,15H,2-3,6H2,1H3,(H,16,17). The van der Waals surface area contributed by atoms with E-state index in [-0.39, 0.29) is 23.5 Å². The number of aliphatic hydroxyl groups excluding tert-OH is 1. The van der Waals surface area contributed by atoms with E-state index in [4.69, 9.17) is 5.11 Å². The van der Waals surface area contributed by atoms with Gasteiger partial charge in [0, 0.05) is 17.6 Å². The van der Waals surface area contributed by atoms with Gasteiger partial charge in [0.05, 0.1) is 16.6 Å². The largest absolute Gasteiger partial charge is 0.478 e. The molecular weight excluding hydrogens is 350 g/mol. The molecule has 1 aliphatic rings. The van der Waals surface area contributed by atoms with Crippen molar-refractivity contribution in [2.75, 3.05) is 13.1 Å². The van der Waals surface area contributed by atoms with Gasteiger partial charge in [0.1, 0.15) is 0 Å². The number of carboxylic acids is 1. The van der Waals surface area contributed by atoms with Gasteiger partial charge in [0.25, 0.3) is 0 Å². The Kier molecular flexibility index (Phi) is 4.19. The molecule has 2 N–H and O–H groups in total. The molecule has 1 fully saturated rings. The number of aliphatic hydroxyl groups is 1. The average Bonchev–Trinajstić information content (AvgIpc) is 2.79. The van der Waals surface area contributed by atoms with Crippen molar-refractivity contribution in [2.45, 2.75) is 24.3 Å². The first-order chi connectivity index (χ1) is 9.23. The monoisotopic (exact) mass is 363 g/mol. The smallest absolute Gasteiger partial charge is 0.335 e. The van der Waals surface area contributed by atoms with Crippen LogP contribution in [-0.4, -0.2) is 48.1 Å². The number of hydrogen-bond acceptors (Lipinski definition) is 4. The van der Waals surface area contributed by atoms with Gasteiger partial charge in [-0.1, -0.05) is 15.9 Å². The second-order valence-electron chi connectivity index (χ2n) is 4.69. The van der Waals surface area contributed by atoms with Crippen LogP contribution in [0.3, 0.4) is 0 Å². The van der Waals surface area contributed by atoms with Gasteiger partial charge in [-0.25, -0.2) is 13.2 Å². The quantitative estimate of drug-likeness (QED) is 0.841. The molecule has 1 aromatic carbocycles. The summed E-state index contributed by atoms with van der Waals surface area (Å²) in [4.78, 5) is 11.0. The molecule has 0 saturated carbocycles. The van der Waals surface area contributed by atoms with Gasteiger partial charge in [-0.15, -0.1) is 0 Å². The van der Waals surface area contributed by atoms with Crippen molar-refractivity contribution in [2.24, 2.45) is 0 Å². The number of sulfonamides is 1. The summed E-state index contributed by atoms with van der Waals surface area (Å²) in [6, 6.07) is 2.53. The Balaban J connectivity index is 2.54. The molecule has 0 aromatic heterocycles. The molecule has 1 aromatic rings. The van der Waals surface area contributed by atoms with Crippen molar-refractivity contribution in [3.63, 3.8) is 0 Å². The lowest BCUT2D eigenvalue weighted by molar-refractivity contribution is 0.0696. The van der Waals surface area contributed by atoms with Crippen molar-refractivity contribution in [3.8, 4) is 0 Å². The summed E-state index contributed by atoms with van der Waals surface area (Å²) >= 11 is 3.18. The summed E-state index contributed by atoms with van der Waals surface area (Å²) in [6.45, 7) is 1.88. The van der Waals surface area contributed by atoms with Crippen molar-refractivity contribution >= 4 is 31.9 Å². The number of carboxylic acid groups (broad SMARTS) is 1. The number of carbonyl (C=O) groups is 1. The maximum atomic E-state index is 12.5. The molecule has 1 saturated heterocycles. The highest BCUT2D eigenvalue weighted by Crippen LogP contribution is 2.29. The van der Waals surface area contributed by atoms with Crippen LogP contribution in [0.1, 0.15) is 22.3 Å². The van der Waals surface area contributed by atoms with Gasteiger partial charge in [-0.2, -0.15) is 4.31 Å². The molecule has 0 spiro atoms. The zero-order valence-corrected chi connectivity index (χ0v) is 13.1. The van der Waals surface area contributed by atoms with Crippen LogP contribution in [0.15, 0.2) is 21.5 Å². The molecule has 0 amide bonds. The highest BCUT2D eigenvalue weighted by Gasteiger charge is 2.33. The Bertz CT molecular complexity index is 658. The first-order valence-electron chi connectivity index (χ1n) is 5.95. The molecule has 6 nitrogen and oxygen atoms in total. The third kappa shape index (κ3) is 2.73. The minimum atomic E-state index is -3.80. The van der Waals surface area contributed by atoms with E-state index >= 15 is 0 Å². The summed E-state index contributed by atoms with van der Waals surface area (Å²) in [6.07, 6.45) is -0.283. The maximum Gasteiger partial charge on any atom is 0.335 e. The summed E-state index contributed by atoms with van der Waals surface area (Å²) in [5.74, 6) is -1.19. The van der Waals surface area contributed by atoms with Gasteiger partial charge in [0.15, 0.2) is 0 Å². The third-order valence-corrected chi connectivity index (χ3v) is 6.10. The number of halogens is 1. The van der Waals surface area contributed by atoms with Crippen molar-refractivity contribution < 1.29 is 23.4 Å². The number of rotatable bonds is 3. The van der Waals surface area contributed by atoms with E-state index in [0.29, 0.717) is 16.5 Å². The van der Waals surface area contributed by atoms with E-state index in [0.717, 1.165) is 6.07 Å². The minimum absolute atomic E-state index is 0.0384. The Labute approximate surface area is 125 Å². The second kappa shape index (κ2) is 5.44. The Hall–Kier alpha value is -0.960. The normalized spacial score (nSPS) is 20.2. The topological polar surface area (TPSA) is 94.9 Å². The molecule has 0 aliphatic carbocycles. The van der Waals surface area contributed by atoms with Crippen molar-refractivity contribution in [3.05, 3.63) is 27.7 Å². The predicted octanol–water partition coefficient (Wildman–Crippen LogP) is 1.21. The lowest BCUT2D eigenvalue weighted by Crippen LogP contribution is -2.30. The van der Waals surface area contributed by atoms with Crippen LogP contribution in [0.25, 0.3) is 0 Å². The molecule has 110 valence electrons. The second-order valence-corrected chi connectivity index (χ2v) is 7.45. The van der Waals surface area contributed by atoms with Gasteiger partial charge in [-0.05, 0) is 31.0 Å². The Morgan fingerprint density at radius 3 is 2.60 bits per heavy atom. The Morgan fingerprint density at radius 1 is 1.45 bits per heavy atom. The average molecular weight is 364 g/mol. The summed E-state index contributed by atoms with van der Waals surface area (Å²) in [7, 11) is -3.80. The van der Waals surface area contributed by atoms with Crippen LogP contribution in [0.2, 0.25) is 0 Å². The van der Waals surface area contributed by atoms with Crippen LogP contribution in [0, 0.1) is 6.92 Å². The molecule has 2 rings (SSSR count). The molecule has 1 heterocycles.